The molecule has 43 heavy (non-hydrogen) atoms. The van der Waals surface area contributed by atoms with E-state index >= 15 is 0 Å². The number of aryl methyl sites for hydroxylation is 1. The second kappa shape index (κ2) is 12.2. The molecule has 0 radical (unpaired) electrons. The molecule has 6 rings (SSSR count). The van der Waals surface area contributed by atoms with E-state index in [0.717, 1.165) is 66.3 Å². The molecule has 0 bridgehead atoms. The summed E-state index contributed by atoms with van der Waals surface area (Å²) in [6.45, 7) is 5.29. The lowest BCUT2D eigenvalue weighted by atomic mass is 9.92. The van der Waals surface area contributed by atoms with Crippen LogP contribution in [-0.4, -0.2) is 53.2 Å². The predicted molar refractivity (Wildman–Crippen MR) is 158 cm³/mol. The largest absolute Gasteiger partial charge is 0.478 e. The molecule has 1 saturated heterocycles. The summed E-state index contributed by atoms with van der Waals surface area (Å²) in [4.78, 5) is 23.3. The Morgan fingerprint density at radius 1 is 1.14 bits per heavy atom. The van der Waals surface area contributed by atoms with E-state index in [4.69, 9.17) is 15.3 Å². The van der Waals surface area contributed by atoms with Crippen LogP contribution in [0.15, 0.2) is 67.3 Å². The van der Waals surface area contributed by atoms with Crippen LogP contribution in [0.5, 0.6) is 0 Å². The van der Waals surface area contributed by atoms with Crippen LogP contribution in [0.3, 0.4) is 0 Å². The van der Waals surface area contributed by atoms with Crippen LogP contribution in [0.2, 0.25) is 0 Å². The first-order chi connectivity index (χ1) is 20.9. The standard InChI is InChI=1S/C33H32FN7O2/c1-2-40-21-36-19-27(40)17-28-31(38-41-13-10-25(33(42)43)16-32(28)41)20-39-11-8-23(9-12-39)30-5-3-4-26(37-30)15-24-7-6-22(18-35)14-29(24)34/h3-7,10,13-14,16,19,21,23H,2,8-9,11-12,15,17,20H2,1H3,(H,42,43). The lowest BCUT2D eigenvalue weighted by Crippen LogP contribution is -2.33. The molecule has 218 valence electrons. The predicted octanol–water partition coefficient (Wildman–Crippen LogP) is 5.22. The van der Waals surface area contributed by atoms with Crippen LogP contribution in [0.1, 0.15) is 75.5 Å². The third-order valence-corrected chi connectivity index (χ3v) is 8.33. The smallest absolute Gasteiger partial charge is 0.335 e. The van der Waals surface area contributed by atoms with Gasteiger partial charge in [-0.1, -0.05) is 12.1 Å². The van der Waals surface area contributed by atoms with E-state index < -0.39 is 5.97 Å². The number of likely N-dealkylation sites (tertiary alicyclic amines) is 1. The minimum absolute atomic E-state index is 0.238. The Hall–Kier alpha value is -4.88. The Balaban J connectivity index is 1.17. The first-order valence-electron chi connectivity index (χ1n) is 14.5. The summed E-state index contributed by atoms with van der Waals surface area (Å²) in [5, 5.41) is 23.5. The highest BCUT2D eigenvalue weighted by atomic mass is 19.1. The van der Waals surface area contributed by atoms with Crippen molar-refractivity contribution in [1.82, 2.24) is 29.0 Å². The molecule has 1 fully saturated rings. The number of hydrogen-bond donors (Lipinski definition) is 1. The molecule has 0 saturated carbocycles. The van der Waals surface area contributed by atoms with Crippen LogP contribution in [-0.2, 0) is 25.9 Å². The third-order valence-electron chi connectivity index (χ3n) is 8.33. The van der Waals surface area contributed by atoms with Crippen molar-refractivity contribution in [3.8, 4) is 6.07 Å². The summed E-state index contributed by atoms with van der Waals surface area (Å²) in [5.74, 6) is -1.04. The molecule has 1 aromatic carbocycles. The summed E-state index contributed by atoms with van der Waals surface area (Å²) >= 11 is 0. The van der Waals surface area contributed by atoms with Crippen molar-refractivity contribution >= 4 is 11.5 Å². The number of halogens is 1. The maximum absolute atomic E-state index is 14.5. The summed E-state index contributed by atoms with van der Waals surface area (Å²) in [7, 11) is 0. The maximum Gasteiger partial charge on any atom is 0.335 e. The molecule has 1 aliphatic heterocycles. The van der Waals surface area contributed by atoms with Crippen molar-refractivity contribution in [3.05, 3.63) is 118 Å². The van der Waals surface area contributed by atoms with Gasteiger partial charge < -0.3 is 9.67 Å². The molecule has 9 nitrogen and oxygen atoms in total. The van der Waals surface area contributed by atoms with Gasteiger partial charge in [0, 0.05) is 66.9 Å². The van der Waals surface area contributed by atoms with Crippen molar-refractivity contribution in [3.63, 3.8) is 0 Å². The monoisotopic (exact) mass is 577 g/mol. The molecule has 1 N–H and O–H groups in total. The second-order valence-corrected chi connectivity index (χ2v) is 11.0. The van der Waals surface area contributed by atoms with Crippen molar-refractivity contribution in [2.75, 3.05) is 13.1 Å². The topological polar surface area (TPSA) is 112 Å². The van der Waals surface area contributed by atoms with Crippen molar-refractivity contribution < 1.29 is 14.3 Å². The SMILES string of the molecule is CCn1cncc1Cc1c(CN2CCC(c3cccc(Cc4ccc(C#N)cc4F)n3)CC2)nn2ccc(C(=O)O)cc12. The van der Waals surface area contributed by atoms with Gasteiger partial charge >= 0.3 is 5.97 Å². The fourth-order valence-electron chi connectivity index (χ4n) is 5.94. The fourth-order valence-corrected chi connectivity index (χ4v) is 5.94. The van der Waals surface area contributed by atoms with Gasteiger partial charge in [0.2, 0.25) is 0 Å². The second-order valence-electron chi connectivity index (χ2n) is 11.0. The number of rotatable bonds is 9. The number of aromatic carboxylic acids is 1. The van der Waals surface area contributed by atoms with E-state index in [9.17, 15) is 14.3 Å². The molecule has 0 spiro atoms. The first-order valence-corrected chi connectivity index (χ1v) is 14.5. The van der Waals surface area contributed by atoms with Crippen molar-refractivity contribution in [2.45, 2.75) is 51.6 Å². The molecular weight excluding hydrogens is 545 g/mol. The Morgan fingerprint density at radius 3 is 2.72 bits per heavy atom. The van der Waals surface area contributed by atoms with Crippen LogP contribution in [0.4, 0.5) is 4.39 Å². The lowest BCUT2D eigenvalue weighted by Gasteiger charge is -2.31. The van der Waals surface area contributed by atoms with Gasteiger partial charge in [-0.2, -0.15) is 10.4 Å². The van der Waals surface area contributed by atoms with E-state index in [1.54, 1.807) is 35.0 Å². The number of nitrogens with zero attached hydrogens (tertiary/aromatic N) is 7. The molecule has 4 aromatic heterocycles. The Labute approximate surface area is 248 Å². The van der Waals surface area contributed by atoms with Crippen LogP contribution < -0.4 is 0 Å². The third kappa shape index (κ3) is 6.03. The zero-order valence-electron chi connectivity index (χ0n) is 23.9. The lowest BCUT2D eigenvalue weighted by molar-refractivity contribution is 0.0697. The van der Waals surface area contributed by atoms with E-state index in [0.29, 0.717) is 36.4 Å². The van der Waals surface area contributed by atoms with Gasteiger partial charge in [0.25, 0.3) is 0 Å². The highest BCUT2D eigenvalue weighted by Crippen LogP contribution is 2.29. The van der Waals surface area contributed by atoms with E-state index in [1.807, 2.05) is 30.7 Å². The zero-order valence-corrected chi connectivity index (χ0v) is 23.9. The number of imidazole rings is 1. The molecule has 0 atom stereocenters. The van der Waals surface area contributed by atoms with Gasteiger partial charge in [0.1, 0.15) is 5.82 Å². The summed E-state index contributed by atoms with van der Waals surface area (Å²) in [6.07, 6.45) is 8.27. The number of fused-ring (bicyclic) bond motifs is 1. The zero-order chi connectivity index (χ0) is 29.9. The molecule has 10 heteroatoms. The number of carboxylic acids is 1. The number of pyridine rings is 2. The normalized spacial score (nSPS) is 14.3. The summed E-state index contributed by atoms with van der Waals surface area (Å²) in [6, 6.07) is 15.8. The van der Waals surface area contributed by atoms with Crippen LogP contribution in [0.25, 0.3) is 5.52 Å². The van der Waals surface area contributed by atoms with Gasteiger partial charge in [-0.3, -0.25) is 9.88 Å². The Kier molecular flexibility index (Phi) is 7.99. The van der Waals surface area contributed by atoms with Gasteiger partial charge in [0.15, 0.2) is 0 Å². The number of nitriles is 1. The summed E-state index contributed by atoms with van der Waals surface area (Å²) in [5.41, 5.74) is 6.72. The van der Waals surface area contributed by atoms with Gasteiger partial charge in [0.05, 0.1) is 34.7 Å². The van der Waals surface area contributed by atoms with E-state index in [-0.39, 0.29) is 11.4 Å². The Morgan fingerprint density at radius 2 is 1.98 bits per heavy atom. The molecule has 0 amide bonds. The molecule has 0 unspecified atom stereocenters. The fraction of sp³-hybridized carbons (Fsp3) is 0.303. The average molecular weight is 578 g/mol. The Bertz CT molecular complexity index is 1830. The molecule has 5 heterocycles. The van der Waals surface area contributed by atoms with Crippen LogP contribution >= 0.6 is 0 Å². The average Bonchev–Trinajstić information content (AvgIpc) is 3.62. The number of hydrogen-bond acceptors (Lipinski definition) is 6. The van der Waals surface area contributed by atoms with Crippen molar-refractivity contribution in [1.29, 1.82) is 5.26 Å². The molecule has 0 aliphatic carbocycles. The number of aromatic nitrogens is 5. The number of carbonyl (C=O) groups is 1. The highest BCUT2D eigenvalue weighted by Gasteiger charge is 2.25. The van der Waals surface area contributed by atoms with Crippen molar-refractivity contribution in [2.24, 2.45) is 0 Å². The first kappa shape index (κ1) is 28.2. The summed E-state index contributed by atoms with van der Waals surface area (Å²) < 4.78 is 18.3. The highest BCUT2D eigenvalue weighted by molar-refractivity contribution is 5.89. The minimum atomic E-state index is -0.961. The number of piperidine rings is 1. The molecule has 5 aromatic rings. The molecule has 1 aliphatic rings. The maximum atomic E-state index is 14.5. The van der Waals surface area contributed by atoms with Gasteiger partial charge in [-0.15, -0.1) is 0 Å². The molecular formula is C33H32FN7O2. The minimum Gasteiger partial charge on any atom is -0.478 e. The van der Waals surface area contributed by atoms with Gasteiger partial charge in [-0.05, 0) is 74.8 Å². The number of carboxylic acid groups (broad SMARTS) is 1. The number of benzene rings is 1. The van der Waals surface area contributed by atoms with E-state index in [1.165, 1.54) is 6.07 Å². The van der Waals surface area contributed by atoms with Gasteiger partial charge in [-0.25, -0.2) is 18.7 Å². The van der Waals surface area contributed by atoms with E-state index in [2.05, 4.69) is 27.4 Å². The quantitative estimate of drug-likeness (QED) is 0.256. The van der Waals surface area contributed by atoms with Crippen LogP contribution in [0, 0.1) is 17.1 Å².